The molecule has 3 rings (SSSR count). The quantitative estimate of drug-likeness (QED) is 0.689. The van der Waals surface area contributed by atoms with Gasteiger partial charge in [0.25, 0.3) is 0 Å². The van der Waals surface area contributed by atoms with Crippen LogP contribution in [0.2, 0.25) is 0 Å². The molecule has 0 aliphatic rings. The third kappa shape index (κ3) is 2.14. The highest BCUT2D eigenvalue weighted by Crippen LogP contribution is 2.19. The Bertz CT molecular complexity index is 680. The molecule has 0 saturated carbocycles. The van der Waals surface area contributed by atoms with Gasteiger partial charge < -0.3 is 4.98 Å². The van der Waals surface area contributed by atoms with E-state index >= 15 is 0 Å². The Hall–Kier alpha value is -2.09. The highest BCUT2D eigenvalue weighted by molar-refractivity contribution is 5.81. The van der Waals surface area contributed by atoms with E-state index in [9.17, 15) is 4.39 Å². The van der Waals surface area contributed by atoms with Crippen molar-refractivity contribution in [2.75, 3.05) is 0 Å². The van der Waals surface area contributed by atoms with Crippen LogP contribution in [0.1, 0.15) is 16.8 Å². The molecule has 0 saturated heterocycles. The summed E-state index contributed by atoms with van der Waals surface area (Å²) in [6.07, 6.45) is 0.800. The van der Waals surface area contributed by atoms with E-state index in [0.29, 0.717) is 0 Å². The molecule has 3 aromatic rings. The summed E-state index contributed by atoms with van der Waals surface area (Å²) in [5.74, 6) is -0.189. The first-order chi connectivity index (χ1) is 8.70. The first-order valence-electron chi connectivity index (χ1n) is 6.03. The molecule has 2 heteroatoms. The summed E-state index contributed by atoms with van der Waals surface area (Å²) in [6.45, 7) is 2.09. The lowest BCUT2D eigenvalue weighted by molar-refractivity contribution is 0.627. The number of fused-ring (bicyclic) bond motifs is 1. The van der Waals surface area contributed by atoms with Crippen LogP contribution in [0, 0.1) is 12.7 Å². The normalized spacial score (nSPS) is 11.0. The van der Waals surface area contributed by atoms with E-state index in [2.05, 4.69) is 36.2 Å². The highest BCUT2D eigenvalue weighted by Gasteiger charge is 2.02. The number of H-pyrrole nitrogens is 1. The minimum Gasteiger partial charge on any atom is -0.358 e. The number of aromatic nitrogens is 1. The van der Waals surface area contributed by atoms with Gasteiger partial charge in [0.05, 0.1) is 0 Å². The summed E-state index contributed by atoms with van der Waals surface area (Å²) in [6, 6.07) is 15.2. The zero-order valence-corrected chi connectivity index (χ0v) is 10.2. The maximum atomic E-state index is 12.8. The molecule has 0 fully saturated rings. The lowest BCUT2D eigenvalue weighted by Gasteiger charge is -1.98. The van der Waals surface area contributed by atoms with Crippen molar-refractivity contribution in [3.05, 3.63) is 71.2 Å². The maximum absolute atomic E-state index is 12.8. The van der Waals surface area contributed by atoms with E-state index in [1.807, 2.05) is 12.1 Å². The van der Waals surface area contributed by atoms with Gasteiger partial charge in [-0.2, -0.15) is 0 Å². The minimum atomic E-state index is -0.189. The minimum absolute atomic E-state index is 0.189. The predicted octanol–water partition coefficient (Wildman–Crippen LogP) is 4.21. The predicted molar refractivity (Wildman–Crippen MR) is 72.2 cm³/mol. The SMILES string of the molecule is Cc1ccc2[nH]c(Cc3ccc(F)cc3)cc2c1. The van der Waals surface area contributed by atoms with Gasteiger partial charge in [-0.3, -0.25) is 0 Å². The molecule has 0 radical (unpaired) electrons. The van der Waals surface area contributed by atoms with Crippen molar-refractivity contribution in [3.8, 4) is 0 Å². The van der Waals surface area contributed by atoms with E-state index in [0.717, 1.165) is 23.2 Å². The summed E-state index contributed by atoms with van der Waals surface area (Å²) in [5.41, 5.74) is 4.68. The molecule has 90 valence electrons. The number of halogens is 1. The Balaban J connectivity index is 1.92. The molecular formula is C16H14FN. The van der Waals surface area contributed by atoms with Gasteiger partial charge in [0.2, 0.25) is 0 Å². The monoisotopic (exact) mass is 239 g/mol. The van der Waals surface area contributed by atoms with Crippen LogP contribution in [0.25, 0.3) is 10.9 Å². The lowest BCUT2D eigenvalue weighted by Crippen LogP contribution is -1.87. The van der Waals surface area contributed by atoms with E-state index in [1.165, 1.54) is 23.1 Å². The number of aromatic amines is 1. The van der Waals surface area contributed by atoms with Crippen LogP contribution < -0.4 is 0 Å². The molecule has 0 aliphatic carbocycles. The van der Waals surface area contributed by atoms with Gasteiger partial charge in [0.15, 0.2) is 0 Å². The fraction of sp³-hybridized carbons (Fsp3) is 0.125. The van der Waals surface area contributed by atoms with Crippen molar-refractivity contribution in [2.45, 2.75) is 13.3 Å². The summed E-state index contributed by atoms with van der Waals surface area (Å²) >= 11 is 0. The van der Waals surface area contributed by atoms with Crippen molar-refractivity contribution in [1.82, 2.24) is 4.98 Å². The number of rotatable bonds is 2. The molecule has 1 heterocycles. The smallest absolute Gasteiger partial charge is 0.123 e. The van der Waals surface area contributed by atoms with Crippen molar-refractivity contribution in [1.29, 1.82) is 0 Å². The molecule has 2 aromatic carbocycles. The van der Waals surface area contributed by atoms with Gasteiger partial charge in [-0.1, -0.05) is 23.8 Å². The number of hydrogen-bond acceptors (Lipinski definition) is 0. The second-order valence-corrected chi connectivity index (χ2v) is 4.69. The average molecular weight is 239 g/mol. The summed E-state index contributed by atoms with van der Waals surface area (Å²) in [7, 11) is 0. The topological polar surface area (TPSA) is 15.8 Å². The fourth-order valence-electron chi connectivity index (χ4n) is 2.23. The molecule has 1 N–H and O–H groups in total. The third-order valence-electron chi connectivity index (χ3n) is 3.14. The van der Waals surface area contributed by atoms with Crippen LogP contribution in [0.4, 0.5) is 4.39 Å². The van der Waals surface area contributed by atoms with E-state index in [-0.39, 0.29) is 5.82 Å². The van der Waals surface area contributed by atoms with E-state index in [1.54, 1.807) is 0 Å². The Labute approximate surface area is 105 Å². The lowest BCUT2D eigenvalue weighted by atomic mass is 10.1. The van der Waals surface area contributed by atoms with Crippen molar-refractivity contribution in [3.63, 3.8) is 0 Å². The maximum Gasteiger partial charge on any atom is 0.123 e. The molecule has 0 atom stereocenters. The van der Waals surface area contributed by atoms with Crippen LogP contribution in [0.5, 0.6) is 0 Å². The molecule has 18 heavy (non-hydrogen) atoms. The van der Waals surface area contributed by atoms with Crippen LogP contribution in [-0.4, -0.2) is 4.98 Å². The van der Waals surface area contributed by atoms with Gasteiger partial charge in [-0.05, 0) is 48.2 Å². The van der Waals surface area contributed by atoms with Crippen molar-refractivity contribution >= 4 is 10.9 Å². The first-order valence-corrected chi connectivity index (χ1v) is 6.03. The fourth-order valence-corrected chi connectivity index (χ4v) is 2.23. The van der Waals surface area contributed by atoms with E-state index < -0.39 is 0 Å². The van der Waals surface area contributed by atoms with Gasteiger partial charge >= 0.3 is 0 Å². The number of nitrogens with one attached hydrogen (secondary N) is 1. The largest absolute Gasteiger partial charge is 0.358 e. The van der Waals surface area contributed by atoms with Crippen molar-refractivity contribution < 1.29 is 4.39 Å². The summed E-state index contributed by atoms with van der Waals surface area (Å²) in [5, 5.41) is 1.23. The van der Waals surface area contributed by atoms with Gasteiger partial charge in [0, 0.05) is 17.6 Å². The Morgan fingerprint density at radius 2 is 1.78 bits per heavy atom. The zero-order chi connectivity index (χ0) is 12.5. The number of benzene rings is 2. The third-order valence-corrected chi connectivity index (χ3v) is 3.14. The van der Waals surface area contributed by atoms with Crippen LogP contribution in [0.15, 0.2) is 48.5 Å². The van der Waals surface area contributed by atoms with Crippen LogP contribution in [0.3, 0.4) is 0 Å². The van der Waals surface area contributed by atoms with Gasteiger partial charge in [-0.25, -0.2) is 4.39 Å². The molecule has 0 spiro atoms. The van der Waals surface area contributed by atoms with Gasteiger partial charge in [-0.15, -0.1) is 0 Å². The molecule has 1 nitrogen and oxygen atoms in total. The molecule has 1 aromatic heterocycles. The van der Waals surface area contributed by atoms with Gasteiger partial charge in [0.1, 0.15) is 5.82 Å². The van der Waals surface area contributed by atoms with E-state index in [4.69, 9.17) is 0 Å². The first kappa shape index (κ1) is 11.0. The summed E-state index contributed by atoms with van der Waals surface area (Å²) < 4.78 is 12.8. The molecule has 0 aliphatic heterocycles. The van der Waals surface area contributed by atoms with Crippen LogP contribution >= 0.6 is 0 Å². The average Bonchev–Trinajstić information content (AvgIpc) is 2.73. The molecule has 0 bridgehead atoms. The Kier molecular flexibility index (Phi) is 2.63. The highest BCUT2D eigenvalue weighted by atomic mass is 19.1. The molecule has 0 unspecified atom stereocenters. The molecular weight excluding hydrogens is 225 g/mol. The second kappa shape index (κ2) is 4.30. The Morgan fingerprint density at radius 1 is 1.00 bits per heavy atom. The second-order valence-electron chi connectivity index (χ2n) is 4.69. The Morgan fingerprint density at radius 3 is 2.56 bits per heavy atom. The zero-order valence-electron chi connectivity index (χ0n) is 10.2. The molecule has 0 amide bonds. The van der Waals surface area contributed by atoms with Crippen molar-refractivity contribution in [2.24, 2.45) is 0 Å². The number of hydrogen-bond donors (Lipinski definition) is 1. The van der Waals surface area contributed by atoms with Crippen LogP contribution in [-0.2, 0) is 6.42 Å². The summed E-state index contributed by atoms with van der Waals surface area (Å²) in [4.78, 5) is 3.39. The standard InChI is InChI=1S/C16H14FN/c1-11-2-7-16-13(8-11)10-15(18-16)9-12-3-5-14(17)6-4-12/h2-8,10,18H,9H2,1H3. The number of aryl methyl sites for hydroxylation is 1.